The SMILES string of the molecule is O=C(OCC1COc2cscc2O1)C(F)(F)C(F)(F)CCCCCC(F)(F)F. The van der Waals surface area contributed by atoms with Crippen LogP contribution in [0.5, 0.6) is 11.5 Å². The summed E-state index contributed by atoms with van der Waals surface area (Å²) in [7, 11) is 0. The summed E-state index contributed by atoms with van der Waals surface area (Å²) in [5, 5.41) is 3.21. The Morgan fingerprint density at radius 1 is 1.04 bits per heavy atom. The maximum Gasteiger partial charge on any atom is 0.404 e. The van der Waals surface area contributed by atoms with E-state index >= 15 is 0 Å². The molecule has 0 saturated heterocycles. The molecule has 28 heavy (non-hydrogen) atoms. The maximum atomic E-state index is 13.8. The molecule has 160 valence electrons. The molecule has 0 fully saturated rings. The molecule has 0 spiro atoms. The Morgan fingerprint density at radius 3 is 2.36 bits per heavy atom. The van der Waals surface area contributed by atoms with Crippen LogP contribution in [0.15, 0.2) is 10.8 Å². The van der Waals surface area contributed by atoms with Crippen LogP contribution < -0.4 is 9.47 Å². The molecule has 0 bridgehead atoms. The molecule has 1 aromatic rings. The van der Waals surface area contributed by atoms with Crippen molar-refractivity contribution >= 4 is 17.3 Å². The standard InChI is InChI=1S/C16H17F7O4S/c17-14(18,4-2-1-3-5-15(19,20)21)16(22,23)13(24)26-7-10-6-25-11-8-28-9-12(11)27-10/h8-10H,1-7H2. The maximum absolute atomic E-state index is 13.8. The lowest BCUT2D eigenvalue weighted by molar-refractivity contribution is -0.232. The van der Waals surface area contributed by atoms with Gasteiger partial charge in [0.25, 0.3) is 0 Å². The Balaban J connectivity index is 1.78. The predicted molar refractivity (Wildman–Crippen MR) is 84.2 cm³/mol. The first-order valence-electron chi connectivity index (χ1n) is 8.27. The van der Waals surface area contributed by atoms with Crippen LogP contribution in [0.1, 0.15) is 32.1 Å². The van der Waals surface area contributed by atoms with Gasteiger partial charge in [-0.3, -0.25) is 0 Å². The van der Waals surface area contributed by atoms with Crippen LogP contribution in [-0.4, -0.2) is 43.3 Å². The first kappa shape index (κ1) is 22.6. The van der Waals surface area contributed by atoms with E-state index in [2.05, 4.69) is 4.74 Å². The number of hydrogen-bond acceptors (Lipinski definition) is 5. The molecular weight excluding hydrogens is 421 g/mol. The van der Waals surface area contributed by atoms with Crippen LogP contribution >= 0.6 is 11.3 Å². The number of alkyl halides is 7. The van der Waals surface area contributed by atoms with Crippen LogP contribution in [0.25, 0.3) is 0 Å². The van der Waals surface area contributed by atoms with E-state index in [9.17, 15) is 35.5 Å². The van der Waals surface area contributed by atoms with Crippen LogP contribution in [0.2, 0.25) is 0 Å². The second kappa shape index (κ2) is 8.75. The van der Waals surface area contributed by atoms with Gasteiger partial charge in [-0.15, -0.1) is 11.3 Å². The fraction of sp³-hybridized carbons (Fsp3) is 0.688. The Labute approximate surface area is 159 Å². The van der Waals surface area contributed by atoms with Crippen LogP contribution in [0.4, 0.5) is 30.7 Å². The monoisotopic (exact) mass is 438 g/mol. The first-order chi connectivity index (χ1) is 12.9. The van der Waals surface area contributed by atoms with E-state index in [0.717, 1.165) is 0 Å². The lowest BCUT2D eigenvalue weighted by Crippen LogP contribution is -2.49. The second-order valence-corrected chi connectivity index (χ2v) is 6.95. The van der Waals surface area contributed by atoms with Gasteiger partial charge in [-0.1, -0.05) is 6.42 Å². The molecule has 0 N–H and O–H groups in total. The number of hydrogen-bond donors (Lipinski definition) is 0. The highest BCUT2D eigenvalue weighted by Gasteiger charge is 2.62. The fourth-order valence-electron chi connectivity index (χ4n) is 2.36. The molecule has 1 aromatic heterocycles. The number of thiophene rings is 1. The topological polar surface area (TPSA) is 44.8 Å². The Bertz CT molecular complexity index is 660. The van der Waals surface area contributed by atoms with Crippen LogP contribution in [-0.2, 0) is 9.53 Å². The Kier molecular flexibility index (Phi) is 7.05. The molecule has 0 saturated carbocycles. The van der Waals surface area contributed by atoms with E-state index in [-0.39, 0.29) is 13.0 Å². The lowest BCUT2D eigenvalue weighted by Gasteiger charge is -2.27. The highest BCUT2D eigenvalue weighted by molar-refractivity contribution is 7.08. The van der Waals surface area contributed by atoms with Crippen molar-refractivity contribution in [3.8, 4) is 11.5 Å². The third-order valence-electron chi connectivity index (χ3n) is 3.88. The number of carbonyl (C=O) groups is 1. The summed E-state index contributed by atoms with van der Waals surface area (Å²) in [5.74, 6) is -11.5. The molecule has 12 heteroatoms. The number of ether oxygens (including phenoxy) is 3. The third kappa shape index (κ3) is 5.89. The smallest absolute Gasteiger partial charge is 0.404 e. The minimum Gasteiger partial charge on any atom is -0.485 e. The molecular formula is C16H17F7O4S. The Hall–Kier alpha value is -1.72. The van der Waals surface area contributed by atoms with Crippen LogP contribution in [0.3, 0.4) is 0 Å². The average Bonchev–Trinajstić information content (AvgIpc) is 3.05. The highest BCUT2D eigenvalue weighted by atomic mass is 32.1. The number of rotatable bonds is 9. The van der Waals surface area contributed by atoms with Gasteiger partial charge >= 0.3 is 24.0 Å². The van der Waals surface area contributed by atoms with Crippen molar-refractivity contribution in [1.82, 2.24) is 0 Å². The van der Waals surface area contributed by atoms with Gasteiger partial charge in [-0.25, -0.2) is 4.79 Å². The zero-order valence-electron chi connectivity index (χ0n) is 14.4. The van der Waals surface area contributed by atoms with Crippen molar-refractivity contribution in [2.45, 2.75) is 56.2 Å². The van der Waals surface area contributed by atoms with Gasteiger partial charge in [0.2, 0.25) is 0 Å². The number of fused-ring (bicyclic) bond motifs is 1. The van der Waals surface area contributed by atoms with E-state index in [0.29, 0.717) is 11.5 Å². The van der Waals surface area contributed by atoms with Gasteiger partial charge in [0.1, 0.15) is 13.2 Å². The summed E-state index contributed by atoms with van der Waals surface area (Å²) in [5.41, 5.74) is 0. The lowest BCUT2D eigenvalue weighted by atomic mass is 10.0. The summed E-state index contributed by atoms with van der Waals surface area (Å²) in [6, 6.07) is 0. The number of halogens is 7. The molecule has 0 aliphatic carbocycles. The number of esters is 1. The minimum atomic E-state index is -5.11. The molecule has 1 unspecified atom stereocenters. The van der Waals surface area contributed by atoms with Gasteiger partial charge in [0, 0.05) is 23.6 Å². The first-order valence-corrected chi connectivity index (χ1v) is 9.22. The molecule has 4 nitrogen and oxygen atoms in total. The van der Waals surface area contributed by atoms with Crippen molar-refractivity contribution in [2.75, 3.05) is 13.2 Å². The predicted octanol–water partition coefficient (Wildman–Crippen LogP) is 5.21. The second-order valence-electron chi connectivity index (χ2n) is 6.20. The van der Waals surface area contributed by atoms with Crippen molar-refractivity contribution in [1.29, 1.82) is 0 Å². The van der Waals surface area contributed by atoms with Crippen molar-refractivity contribution in [3.63, 3.8) is 0 Å². The summed E-state index contributed by atoms with van der Waals surface area (Å²) in [6.07, 6.45) is -9.37. The van der Waals surface area contributed by atoms with Gasteiger partial charge in [0.15, 0.2) is 17.6 Å². The zero-order chi connectivity index (χ0) is 21.0. The number of carbonyl (C=O) groups excluding carboxylic acids is 1. The van der Waals surface area contributed by atoms with Crippen molar-refractivity contribution in [3.05, 3.63) is 10.8 Å². The average molecular weight is 438 g/mol. The van der Waals surface area contributed by atoms with E-state index in [1.807, 2.05) is 0 Å². The molecule has 0 aromatic carbocycles. The fourth-order valence-corrected chi connectivity index (χ4v) is 3.03. The van der Waals surface area contributed by atoms with Crippen molar-refractivity contribution < 1.29 is 49.7 Å². The molecule has 1 aliphatic rings. The van der Waals surface area contributed by atoms with Crippen molar-refractivity contribution in [2.24, 2.45) is 0 Å². The normalized spacial score (nSPS) is 17.5. The van der Waals surface area contributed by atoms with E-state index in [1.54, 1.807) is 10.8 Å². The molecule has 1 atom stereocenters. The van der Waals surface area contributed by atoms with Gasteiger partial charge in [-0.2, -0.15) is 30.7 Å². The van der Waals surface area contributed by atoms with Gasteiger partial charge in [-0.05, 0) is 12.8 Å². The zero-order valence-corrected chi connectivity index (χ0v) is 15.2. The summed E-state index contributed by atoms with van der Waals surface area (Å²) >= 11 is 1.26. The minimum absolute atomic E-state index is 0.113. The van der Waals surface area contributed by atoms with Crippen LogP contribution in [0, 0.1) is 0 Å². The Morgan fingerprint density at radius 2 is 1.68 bits per heavy atom. The van der Waals surface area contributed by atoms with Gasteiger partial charge < -0.3 is 14.2 Å². The summed E-state index contributed by atoms with van der Waals surface area (Å²) in [4.78, 5) is 11.5. The van der Waals surface area contributed by atoms with E-state index < -0.39 is 62.4 Å². The molecule has 2 heterocycles. The molecule has 2 rings (SSSR count). The number of unbranched alkanes of at least 4 members (excludes halogenated alkanes) is 2. The molecule has 1 aliphatic heterocycles. The third-order valence-corrected chi connectivity index (χ3v) is 4.58. The summed E-state index contributed by atoms with van der Waals surface area (Å²) in [6.45, 7) is -0.830. The molecule has 0 amide bonds. The van der Waals surface area contributed by atoms with E-state index in [4.69, 9.17) is 9.47 Å². The molecule has 0 radical (unpaired) electrons. The largest absolute Gasteiger partial charge is 0.485 e. The summed E-state index contributed by atoms with van der Waals surface area (Å²) < 4.78 is 106. The van der Waals surface area contributed by atoms with E-state index in [1.165, 1.54) is 11.3 Å². The van der Waals surface area contributed by atoms with Gasteiger partial charge in [0.05, 0.1) is 0 Å². The highest BCUT2D eigenvalue weighted by Crippen LogP contribution is 2.40. The quantitative estimate of drug-likeness (QED) is 0.302.